The molecule has 2 rings (SSSR count). The highest BCUT2D eigenvalue weighted by molar-refractivity contribution is 5.60. The van der Waals surface area contributed by atoms with E-state index in [1.807, 2.05) is 0 Å². The number of pyridine rings is 1. The summed E-state index contributed by atoms with van der Waals surface area (Å²) in [4.78, 5) is 3.22. The van der Waals surface area contributed by atoms with Gasteiger partial charge < -0.3 is 0 Å². The second-order valence-corrected chi connectivity index (χ2v) is 3.65. The standard InChI is InChI=1S/C12H5F6N/c13-8-3-1-2-7(10(8)15)11-9(14)4-6(5-19-11)12(16,17)18/h1-5H. The van der Waals surface area contributed by atoms with Gasteiger partial charge in [0.25, 0.3) is 0 Å². The molecule has 2 aromatic rings. The smallest absolute Gasteiger partial charge is 0.252 e. The van der Waals surface area contributed by atoms with Crippen molar-refractivity contribution in [2.24, 2.45) is 0 Å². The lowest BCUT2D eigenvalue weighted by Crippen LogP contribution is -2.07. The number of aromatic nitrogens is 1. The van der Waals surface area contributed by atoms with Gasteiger partial charge in [0.15, 0.2) is 11.6 Å². The van der Waals surface area contributed by atoms with Crippen LogP contribution < -0.4 is 0 Å². The zero-order chi connectivity index (χ0) is 14.2. The van der Waals surface area contributed by atoms with E-state index in [2.05, 4.69) is 4.98 Å². The van der Waals surface area contributed by atoms with Gasteiger partial charge in [-0.25, -0.2) is 13.2 Å². The van der Waals surface area contributed by atoms with Crippen molar-refractivity contribution < 1.29 is 26.3 Å². The Morgan fingerprint density at radius 2 is 1.63 bits per heavy atom. The van der Waals surface area contributed by atoms with Crippen LogP contribution in [0.5, 0.6) is 0 Å². The van der Waals surface area contributed by atoms with E-state index in [1.165, 1.54) is 0 Å². The maximum atomic E-state index is 13.5. The number of hydrogen-bond acceptors (Lipinski definition) is 1. The number of halogens is 6. The molecule has 0 atom stereocenters. The molecule has 0 N–H and O–H groups in total. The quantitative estimate of drug-likeness (QED) is 0.712. The molecule has 0 amide bonds. The largest absolute Gasteiger partial charge is 0.417 e. The molecule has 0 bridgehead atoms. The van der Waals surface area contributed by atoms with Gasteiger partial charge in [-0.2, -0.15) is 13.2 Å². The molecule has 0 unspecified atom stereocenters. The van der Waals surface area contributed by atoms with Gasteiger partial charge in [0, 0.05) is 11.8 Å². The number of alkyl halides is 3. The second kappa shape index (κ2) is 4.56. The van der Waals surface area contributed by atoms with Crippen LogP contribution in [0.1, 0.15) is 5.56 Å². The zero-order valence-corrected chi connectivity index (χ0v) is 9.10. The van der Waals surface area contributed by atoms with Gasteiger partial charge in [-0.3, -0.25) is 4.98 Å². The van der Waals surface area contributed by atoms with Crippen LogP contribution in [0.4, 0.5) is 26.3 Å². The lowest BCUT2D eigenvalue weighted by molar-refractivity contribution is -0.138. The molecule has 1 nitrogen and oxygen atoms in total. The fraction of sp³-hybridized carbons (Fsp3) is 0.0833. The minimum atomic E-state index is -4.76. The van der Waals surface area contributed by atoms with Crippen LogP contribution in [0.2, 0.25) is 0 Å². The van der Waals surface area contributed by atoms with Gasteiger partial charge in [-0.1, -0.05) is 6.07 Å². The first-order valence-corrected chi connectivity index (χ1v) is 4.98. The van der Waals surface area contributed by atoms with Crippen molar-refractivity contribution in [3.05, 3.63) is 53.5 Å². The van der Waals surface area contributed by atoms with Crippen molar-refractivity contribution in [1.82, 2.24) is 4.98 Å². The molecule has 1 aromatic heterocycles. The van der Waals surface area contributed by atoms with Crippen LogP contribution >= 0.6 is 0 Å². The molecule has 0 aliphatic carbocycles. The first kappa shape index (κ1) is 13.4. The summed E-state index contributed by atoms with van der Waals surface area (Å²) in [5, 5.41) is 0. The Bertz CT molecular complexity index is 620. The third kappa shape index (κ3) is 2.54. The molecule has 0 saturated carbocycles. The molecule has 100 valence electrons. The van der Waals surface area contributed by atoms with Gasteiger partial charge in [-0.05, 0) is 18.2 Å². The Morgan fingerprint density at radius 1 is 0.947 bits per heavy atom. The van der Waals surface area contributed by atoms with Crippen LogP contribution in [0.3, 0.4) is 0 Å². The van der Waals surface area contributed by atoms with E-state index in [1.54, 1.807) is 0 Å². The number of rotatable bonds is 1. The topological polar surface area (TPSA) is 12.9 Å². The molecular weight excluding hydrogens is 272 g/mol. The highest BCUT2D eigenvalue weighted by Gasteiger charge is 2.32. The summed E-state index contributed by atoms with van der Waals surface area (Å²) in [6.45, 7) is 0. The lowest BCUT2D eigenvalue weighted by atomic mass is 10.1. The fourth-order valence-corrected chi connectivity index (χ4v) is 1.48. The minimum absolute atomic E-state index is 0.187. The van der Waals surface area contributed by atoms with E-state index >= 15 is 0 Å². The third-order valence-corrected chi connectivity index (χ3v) is 2.38. The summed E-state index contributed by atoms with van der Waals surface area (Å²) in [7, 11) is 0. The second-order valence-electron chi connectivity index (χ2n) is 3.65. The maximum Gasteiger partial charge on any atom is 0.417 e. The molecule has 0 aliphatic rings. The predicted molar refractivity (Wildman–Crippen MR) is 54.5 cm³/mol. The SMILES string of the molecule is Fc1cc(C(F)(F)F)cnc1-c1cccc(F)c1F. The van der Waals surface area contributed by atoms with Gasteiger partial charge >= 0.3 is 6.18 Å². The molecule has 0 fully saturated rings. The molecule has 0 aliphatic heterocycles. The molecule has 0 saturated heterocycles. The van der Waals surface area contributed by atoms with Crippen LogP contribution in [-0.2, 0) is 6.18 Å². The van der Waals surface area contributed by atoms with E-state index in [9.17, 15) is 26.3 Å². The normalized spacial score (nSPS) is 11.7. The minimum Gasteiger partial charge on any atom is -0.252 e. The van der Waals surface area contributed by atoms with Crippen molar-refractivity contribution >= 4 is 0 Å². The Labute approximate surface area is 103 Å². The highest BCUT2D eigenvalue weighted by atomic mass is 19.4. The lowest BCUT2D eigenvalue weighted by Gasteiger charge is -2.09. The number of hydrogen-bond donors (Lipinski definition) is 0. The Balaban J connectivity index is 2.56. The first-order chi connectivity index (χ1) is 8.80. The van der Waals surface area contributed by atoms with E-state index in [0.717, 1.165) is 18.2 Å². The van der Waals surface area contributed by atoms with E-state index in [0.29, 0.717) is 6.20 Å². The summed E-state index contributed by atoms with van der Waals surface area (Å²) >= 11 is 0. The van der Waals surface area contributed by atoms with Crippen molar-refractivity contribution in [2.75, 3.05) is 0 Å². The summed E-state index contributed by atoms with van der Waals surface area (Å²) in [5.41, 5.74) is -2.51. The van der Waals surface area contributed by atoms with Crippen LogP contribution in [0.25, 0.3) is 11.3 Å². The van der Waals surface area contributed by atoms with Crippen molar-refractivity contribution in [1.29, 1.82) is 0 Å². The maximum absolute atomic E-state index is 13.5. The molecular formula is C12H5F6N. The highest BCUT2D eigenvalue weighted by Crippen LogP contribution is 2.32. The van der Waals surface area contributed by atoms with Crippen LogP contribution in [0.15, 0.2) is 30.5 Å². The Hall–Kier alpha value is -2.05. The molecule has 7 heteroatoms. The van der Waals surface area contributed by atoms with E-state index < -0.39 is 40.4 Å². The molecule has 1 aromatic carbocycles. The van der Waals surface area contributed by atoms with E-state index in [-0.39, 0.29) is 6.07 Å². The Morgan fingerprint density at radius 3 is 2.21 bits per heavy atom. The summed E-state index contributed by atoms with van der Waals surface area (Å²) in [6.07, 6.45) is -4.39. The first-order valence-electron chi connectivity index (χ1n) is 4.98. The molecule has 0 radical (unpaired) electrons. The number of benzene rings is 1. The van der Waals surface area contributed by atoms with Crippen LogP contribution in [-0.4, -0.2) is 4.98 Å². The van der Waals surface area contributed by atoms with Gasteiger partial charge in [0.05, 0.1) is 5.56 Å². The van der Waals surface area contributed by atoms with E-state index in [4.69, 9.17) is 0 Å². The summed E-state index contributed by atoms with van der Waals surface area (Å²) < 4.78 is 76.8. The molecule has 0 spiro atoms. The third-order valence-electron chi connectivity index (χ3n) is 2.38. The van der Waals surface area contributed by atoms with Crippen LogP contribution in [0, 0.1) is 17.5 Å². The van der Waals surface area contributed by atoms with Gasteiger partial charge in [0.1, 0.15) is 11.5 Å². The summed E-state index contributed by atoms with van der Waals surface area (Å²) in [6, 6.07) is 3.12. The average Bonchev–Trinajstić information content (AvgIpc) is 2.32. The fourth-order valence-electron chi connectivity index (χ4n) is 1.48. The summed E-state index contributed by atoms with van der Waals surface area (Å²) in [5.74, 6) is -3.98. The molecule has 1 heterocycles. The monoisotopic (exact) mass is 277 g/mol. The average molecular weight is 277 g/mol. The van der Waals surface area contributed by atoms with Crippen molar-refractivity contribution in [3.8, 4) is 11.3 Å². The van der Waals surface area contributed by atoms with Gasteiger partial charge in [0.2, 0.25) is 0 Å². The molecule has 19 heavy (non-hydrogen) atoms. The van der Waals surface area contributed by atoms with Crippen molar-refractivity contribution in [2.45, 2.75) is 6.18 Å². The predicted octanol–water partition coefficient (Wildman–Crippen LogP) is 4.18. The Kier molecular flexibility index (Phi) is 3.21. The van der Waals surface area contributed by atoms with Gasteiger partial charge in [-0.15, -0.1) is 0 Å². The zero-order valence-electron chi connectivity index (χ0n) is 9.10. The number of nitrogens with zero attached hydrogens (tertiary/aromatic N) is 1. The van der Waals surface area contributed by atoms with Crippen molar-refractivity contribution in [3.63, 3.8) is 0 Å².